The molecular formula is C23H27N3O6S. The molecule has 1 aliphatic heterocycles. The molecule has 0 unspecified atom stereocenters. The van der Waals surface area contributed by atoms with E-state index in [1.54, 1.807) is 12.1 Å². The highest BCUT2D eigenvalue weighted by atomic mass is 32.2. The number of aliphatic carboxylic acids is 1. The van der Waals surface area contributed by atoms with Gasteiger partial charge >= 0.3 is 5.97 Å². The summed E-state index contributed by atoms with van der Waals surface area (Å²) < 4.78 is 24.7. The van der Waals surface area contributed by atoms with Gasteiger partial charge in [0, 0.05) is 38.2 Å². The topological polar surface area (TPSA) is 124 Å². The van der Waals surface area contributed by atoms with E-state index in [1.807, 2.05) is 42.5 Å². The van der Waals surface area contributed by atoms with E-state index < -0.39 is 33.8 Å². The Balaban J connectivity index is 1.68. The molecule has 0 radical (unpaired) electrons. The lowest BCUT2D eigenvalue weighted by Gasteiger charge is -2.35. The highest BCUT2D eigenvalue weighted by molar-refractivity contribution is 7.88. The smallest absolute Gasteiger partial charge is 0.303 e. The number of piperazine rings is 1. The zero-order valence-electron chi connectivity index (χ0n) is 18.3. The lowest BCUT2D eigenvalue weighted by atomic mass is 10.0. The predicted octanol–water partition coefficient (Wildman–Crippen LogP) is 1.42. The zero-order chi connectivity index (χ0) is 24.0. The third kappa shape index (κ3) is 6.62. The number of sulfonamides is 1. The number of carbonyl (C=O) groups excluding carboxylic acids is 2. The van der Waals surface area contributed by atoms with Gasteiger partial charge in [-0.15, -0.1) is 0 Å². The van der Waals surface area contributed by atoms with Gasteiger partial charge in [0.25, 0.3) is 5.91 Å². The van der Waals surface area contributed by atoms with Crippen LogP contribution in [0, 0.1) is 0 Å². The standard InChI is InChI=1S/C23H27N3O6S/c1-33(31,32)26-15-13-25(14-16-26)23(30)20(11-12-21(27)28)24-22(29)19-9-7-18(8-10-19)17-5-3-2-4-6-17/h2-10,20H,11-16H2,1H3,(H,24,29)(H,27,28)/t20-/m0/s1. The molecule has 1 heterocycles. The molecule has 1 aliphatic rings. The van der Waals surface area contributed by atoms with Gasteiger partial charge in [0.2, 0.25) is 15.9 Å². The van der Waals surface area contributed by atoms with E-state index in [-0.39, 0.29) is 39.0 Å². The van der Waals surface area contributed by atoms with Gasteiger partial charge in [-0.05, 0) is 29.7 Å². The van der Waals surface area contributed by atoms with Gasteiger partial charge in [0.15, 0.2) is 0 Å². The van der Waals surface area contributed by atoms with Crippen LogP contribution in [0.25, 0.3) is 11.1 Å². The number of rotatable bonds is 8. The highest BCUT2D eigenvalue weighted by Gasteiger charge is 2.31. The minimum Gasteiger partial charge on any atom is -0.481 e. The maximum Gasteiger partial charge on any atom is 0.303 e. The monoisotopic (exact) mass is 473 g/mol. The first-order valence-electron chi connectivity index (χ1n) is 10.6. The van der Waals surface area contributed by atoms with Crippen molar-refractivity contribution in [3.63, 3.8) is 0 Å². The van der Waals surface area contributed by atoms with Crippen LogP contribution in [-0.4, -0.2) is 79.0 Å². The minimum absolute atomic E-state index is 0.0612. The van der Waals surface area contributed by atoms with Crippen molar-refractivity contribution in [2.75, 3.05) is 32.4 Å². The molecule has 0 bridgehead atoms. The van der Waals surface area contributed by atoms with Gasteiger partial charge in [-0.2, -0.15) is 4.31 Å². The highest BCUT2D eigenvalue weighted by Crippen LogP contribution is 2.19. The Bertz CT molecular complexity index is 1090. The fourth-order valence-corrected chi connectivity index (χ4v) is 4.50. The van der Waals surface area contributed by atoms with Crippen molar-refractivity contribution in [1.82, 2.24) is 14.5 Å². The molecule has 2 N–H and O–H groups in total. The zero-order valence-corrected chi connectivity index (χ0v) is 19.1. The molecule has 33 heavy (non-hydrogen) atoms. The van der Waals surface area contributed by atoms with E-state index in [9.17, 15) is 22.8 Å². The van der Waals surface area contributed by atoms with E-state index in [1.165, 1.54) is 9.21 Å². The first kappa shape index (κ1) is 24.4. The quantitative estimate of drug-likeness (QED) is 0.598. The van der Waals surface area contributed by atoms with Crippen LogP contribution in [0.2, 0.25) is 0 Å². The van der Waals surface area contributed by atoms with Gasteiger partial charge in [0.1, 0.15) is 6.04 Å². The number of hydrogen-bond donors (Lipinski definition) is 2. The average Bonchev–Trinajstić information content (AvgIpc) is 2.81. The molecule has 176 valence electrons. The third-order valence-electron chi connectivity index (χ3n) is 5.52. The molecule has 10 heteroatoms. The fraction of sp³-hybridized carbons (Fsp3) is 0.348. The summed E-state index contributed by atoms with van der Waals surface area (Å²) in [5, 5.41) is 11.7. The van der Waals surface area contributed by atoms with Crippen LogP contribution in [0.15, 0.2) is 54.6 Å². The fourth-order valence-electron chi connectivity index (χ4n) is 3.67. The molecular weight excluding hydrogens is 446 g/mol. The van der Waals surface area contributed by atoms with Crippen molar-refractivity contribution in [1.29, 1.82) is 0 Å². The van der Waals surface area contributed by atoms with E-state index in [0.717, 1.165) is 17.4 Å². The molecule has 1 saturated heterocycles. The van der Waals surface area contributed by atoms with Gasteiger partial charge in [0.05, 0.1) is 6.26 Å². The van der Waals surface area contributed by atoms with E-state index in [2.05, 4.69) is 5.32 Å². The second kappa shape index (κ2) is 10.6. The summed E-state index contributed by atoms with van der Waals surface area (Å²) in [5.74, 6) is -1.97. The second-order valence-corrected chi connectivity index (χ2v) is 9.87. The summed E-state index contributed by atoms with van der Waals surface area (Å²) in [6.45, 7) is 0.671. The van der Waals surface area contributed by atoms with Crippen LogP contribution >= 0.6 is 0 Å². The second-order valence-electron chi connectivity index (χ2n) is 7.89. The molecule has 9 nitrogen and oxygen atoms in total. The van der Waals surface area contributed by atoms with Gasteiger partial charge in [-0.1, -0.05) is 42.5 Å². The molecule has 1 fully saturated rings. The molecule has 0 spiro atoms. The maximum absolute atomic E-state index is 13.0. The van der Waals surface area contributed by atoms with Gasteiger partial charge in [-0.3, -0.25) is 14.4 Å². The van der Waals surface area contributed by atoms with Crippen LogP contribution in [0.3, 0.4) is 0 Å². The summed E-state index contributed by atoms with van der Waals surface area (Å²) in [6.07, 6.45) is 0.769. The van der Waals surface area contributed by atoms with Crippen LogP contribution in [0.4, 0.5) is 0 Å². The van der Waals surface area contributed by atoms with E-state index in [4.69, 9.17) is 5.11 Å². The number of carboxylic acid groups (broad SMARTS) is 1. The molecule has 2 aromatic rings. The molecule has 3 rings (SSSR count). The number of carbonyl (C=O) groups is 3. The Morgan fingerprint density at radius 2 is 1.52 bits per heavy atom. The molecule has 1 atom stereocenters. The van der Waals surface area contributed by atoms with Crippen molar-refractivity contribution < 1.29 is 27.9 Å². The van der Waals surface area contributed by atoms with Crippen LogP contribution in [-0.2, 0) is 19.6 Å². The molecule has 0 aliphatic carbocycles. The Kier molecular flexibility index (Phi) is 7.83. The number of nitrogens with one attached hydrogen (secondary N) is 1. The van der Waals surface area contributed by atoms with Crippen LogP contribution < -0.4 is 5.32 Å². The largest absolute Gasteiger partial charge is 0.481 e. The maximum atomic E-state index is 13.0. The lowest BCUT2D eigenvalue weighted by molar-refractivity contribution is -0.138. The number of carboxylic acids is 1. The number of nitrogens with zero attached hydrogens (tertiary/aromatic N) is 2. The number of amides is 2. The molecule has 0 aromatic heterocycles. The summed E-state index contributed by atoms with van der Waals surface area (Å²) >= 11 is 0. The summed E-state index contributed by atoms with van der Waals surface area (Å²) in [5.41, 5.74) is 2.30. The lowest BCUT2D eigenvalue weighted by Crippen LogP contribution is -2.55. The Morgan fingerprint density at radius 3 is 2.06 bits per heavy atom. The number of benzene rings is 2. The molecule has 0 saturated carbocycles. The first-order chi connectivity index (χ1) is 15.6. The number of hydrogen-bond acceptors (Lipinski definition) is 5. The molecule has 2 aromatic carbocycles. The average molecular weight is 474 g/mol. The van der Waals surface area contributed by atoms with Crippen molar-refractivity contribution in [3.05, 3.63) is 60.2 Å². The van der Waals surface area contributed by atoms with Crippen LogP contribution in [0.1, 0.15) is 23.2 Å². The Labute approximate surface area is 193 Å². The van der Waals surface area contributed by atoms with Gasteiger partial charge in [-0.25, -0.2) is 8.42 Å². The summed E-state index contributed by atoms with van der Waals surface area (Å²) in [4.78, 5) is 38.4. The van der Waals surface area contributed by atoms with E-state index in [0.29, 0.717) is 5.56 Å². The third-order valence-corrected chi connectivity index (χ3v) is 6.83. The van der Waals surface area contributed by atoms with E-state index >= 15 is 0 Å². The Morgan fingerprint density at radius 1 is 0.939 bits per heavy atom. The van der Waals surface area contributed by atoms with Crippen LogP contribution in [0.5, 0.6) is 0 Å². The van der Waals surface area contributed by atoms with Gasteiger partial charge < -0.3 is 15.3 Å². The van der Waals surface area contributed by atoms with Crippen molar-refractivity contribution in [3.8, 4) is 11.1 Å². The normalized spacial score (nSPS) is 15.6. The first-order valence-corrected chi connectivity index (χ1v) is 12.4. The van der Waals surface area contributed by atoms with Crippen molar-refractivity contribution in [2.45, 2.75) is 18.9 Å². The predicted molar refractivity (Wildman–Crippen MR) is 123 cm³/mol. The van der Waals surface area contributed by atoms with Crippen molar-refractivity contribution in [2.24, 2.45) is 0 Å². The summed E-state index contributed by atoms with van der Waals surface area (Å²) in [6, 6.07) is 15.6. The van der Waals surface area contributed by atoms with Crippen molar-refractivity contribution >= 4 is 27.8 Å². The minimum atomic E-state index is -3.35. The molecule has 2 amide bonds. The summed E-state index contributed by atoms with van der Waals surface area (Å²) in [7, 11) is -3.35. The SMILES string of the molecule is CS(=O)(=O)N1CCN(C(=O)[C@H](CCC(=O)O)NC(=O)c2ccc(-c3ccccc3)cc2)CC1. The Hall–Kier alpha value is -3.24.